The first-order valence-electron chi connectivity index (χ1n) is 8.37. The Labute approximate surface area is 144 Å². The predicted molar refractivity (Wildman–Crippen MR) is 93.6 cm³/mol. The lowest BCUT2D eigenvalue weighted by Crippen LogP contribution is -2.47. The molecule has 1 aromatic carbocycles. The van der Waals surface area contributed by atoms with Crippen molar-refractivity contribution in [1.29, 1.82) is 0 Å². The van der Waals surface area contributed by atoms with Gasteiger partial charge in [-0.25, -0.2) is 0 Å². The van der Waals surface area contributed by atoms with Crippen molar-refractivity contribution < 1.29 is 9.53 Å². The lowest BCUT2D eigenvalue weighted by Gasteiger charge is -2.36. The van der Waals surface area contributed by atoms with Gasteiger partial charge in [0.25, 0.3) is 0 Å². The molecule has 0 aromatic heterocycles. The molecule has 1 aromatic rings. The Bertz CT molecular complexity index is 508. The van der Waals surface area contributed by atoms with Gasteiger partial charge in [-0.2, -0.15) is 0 Å². The summed E-state index contributed by atoms with van der Waals surface area (Å²) in [7, 11) is 0. The number of ether oxygens (including phenoxy) is 1. The van der Waals surface area contributed by atoms with Gasteiger partial charge < -0.3 is 10.1 Å². The van der Waals surface area contributed by atoms with E-state index in [1.54, 1.807) is 0 Å². The molecular weight excluding hydrogens is 312 g/mol. The topological polar surface area (TPSA) is 41.6 Å². The van der Waals surface area contributed by atoms with E-state index in [9.17, 15) is 4.79 Å². The summed E-state index contributed by atoms with van der Waals surface area (Å²) in [5, 5.41) is 3.66. The zero-order chi connectivity index (χ0) is 16.7. The van der Waals surface area contributed by atoms with Crippen LogP contribution in [0.1, 0.15) is 32.3 Å². The molecule has 5 heteroatoms. The van der Waals surface area contributed by atoms with Crippen LogP contribution in [-0.2, 0) is 16.1 Å². The standard InChI is InChI=1S/C18H27ClN2O2/c1-14(2)10-17-13-23-9-8-21(17)7-6-18(22)20-12-15-4-3-5-16(19)11-15/h3-5,11,14,17H,6-10,12-13H2,1-2H3,(H,20,22)/t17-/m0/s1. The van der Waals surface area contributed by atoms with Crippen LogP contribution in [0, 0.1) is 5.92 Å². The van der Waals surface area contributed by atoms with Crippen molar-refractivity contribution in [1.82, 2.24) is 10.2 Å². The van der Waals surface area contributed by atoms with Crippen LogP contribution in [0.3, 0.4) is 0 Å². The van der Waals surface area contributed by atoms with Gasteiger partial charge in [0.1, 0.15) is 0 Å². The Hall–Kier alpha value is -1.10. The van der Waals surface area contributed by atoms with Gasteiger partial charge in [0.05, 0.1) is 13.2 Å². The third-order valence-corrected chi connectivity index (χ3v) is 4.33. The molecule has 1 fully saturated rings. The number of carbonyl (C=O) groups is 1. The van der Waals surface area contributed by atoms with Crippen LogP contribution < -0.4 is 5.32 Å². The van der Waals surface area contributed by atoms with Gasteiger partial charge in [0.15, 0.2) is 0 Å². The van der Waals surface area contributed by atoms with E-state index in [2.05, 4.69) is 24.1 Å². The highest BCUT2D eigenvalue weighted by Gasteiger charge is 2.23. The largest absolute Gasteiger partial charge is 0.378 e. The van der Waals surface area contributed by atoms with Crippen molar-refractivity contribution in [3.05, 3.63) is 34.9 Å². The maximum atomic E-state index is 12.1. The summed E-state index contributed by atoms with van der Waals surface area (Å²) in [5.41, 5.74) is 1.02. The minimum Gasteiger partial charge on any atom is -0.378 e. The molecule has 1 amide bonds. The Balaban J connectivity index is 1.74. The van der Waals surface area contributed by atoms with E-state index in [0.29, 0.717) is 29.9 Å². The van der Waals surface area contributed by atoms with Crippen molar-refractivity contribution in [3.8, 4) is 0 Å². The number of amides is 1. The summed E-state index contributed by atoms with van der Waals surface area (Å²) >= 11 is 5.95. The molecule has 1 aliphatic heterocycles. The fourth-order valence-electron chi connectivity index (χ4n) is 2.93. The zero-order valence-electron chi connectivity index (χ0n) is 14.1. The summed E-state index contributed by atoms with van der Waals surface area (Å²) in [6.07, 6.45) is 1.64. The molecule has 1 aliphatic rings. The lowest BCUT2D eigenvalue weighted by molar-refractivity contribution is -0.122. The van der Waals surface area contributed by atoms with Crippen LogP contribution in [-0.4, -0.2) is 43.2 Å². The monoisotopic (exact) mass is 338 g/mol. The highest BCUT2D eigenvalue weighted by atomic mass is 35.5. The SMILES string of the molecule is CC(C)C[C@H]1COCCN1CCC(=O)NCc1cccc(Cl)c1. The van der Waals surface area contributed by atoms with Gasteiger partial charge in [0.2, 0.25) is 5.91 Å². The van der Waals surface area contributed by atoms with Crippen LogP contribution in [0.2, 0.25) is 5.02 Å². The van der Waals surface area contributed by atoms with E-state index in [1.165, 1.54) is 0 Å². The minimum atomic E-state index is 0.0831. The maximum Gasteiger partial charge on any atom is 0.221 e. The molecular formula is C18H27ClN2O2. The number of rotatable bonds is 7. The van der Waals surface area contributed by atoms with Gasteiger partial charge >= 0.3 is 0 Å². The second kappa shape index (κ2) is 9.26. The van der Waals surface area contributed by atoms with Crippen LogP contribution in [0.15, 0.2) is 24.3 Å². The predicted octanol–water partition coefficient (Wildman–Crippen LogP) is 3.09. The number of carbonyl (C=O) groups excluding carboxylic acids is 1. The summed E-state index contributed by atoms with van der Waals surface area (Å²) in [4.78, 5) is 14.5. The zero-order valence-corrected chi connectivity index (χ0v) is 14.8. The third-order valence-electron chi connectivity index (χ3n) is 4.10. The first-order valence-corrected chi connectivity index (χ1v) is 8.75. The molecule has 4 nitrogen and oxygen atoms in total. The molecule has 2 rings (SSSR count). The van der Waals surface area contributed by atoms with Crippen molar-refractivity contribution in [2.75, 3.05) is 26.3 Å². The van der Waals surface area contributed by atoms with E-state index in [4.69, 9.17) is 16.3 Å². The number of hydrogen-bond donors (Lipinski definition) is 1. The Kier molecular flexibility index (Phi) is 7.34. The molecule has 0 bridgehead atoms. The van der Waals surface area contributed by atoms with Gasteiger partial charge in [-0.15, -0.1) is 0 Å². The normalized spacial score (nSPS) is 19.0. The minimum absolute atomic E-state index is 0.0831. The Morgan fingerprint density at radius 2 is 2.30 bits per heavy atom. The molecule has 0 radical (unpaired) electrons. The second-order valence-electron chi connectivity index (χ2n) is 6.55. The number of halogens is 1. The van der Waals surface area contributed by atoms with E-state index in [0.717, 1.165) is 38.3 Å². The molecule has 0 saturated carbocycles. The fraction of sp³-hybridized carbons (Fsp3) is 0.611. The van der Waals surface area contributed by atoms with Crippen LogP contribution in [0.25, 0.3) is 0 Å². The first-order chi connectivity index (χ1) is 11.0. The third kappa shape index (κ3) is 6.50. The lowest BCUT2D eigenvalue weighted by atomic mass is 10.0. The Morgan fingerprint density at radius 3 is 3.04 bits per heavy atom. The van der Waals surface area contributed by atoms with Crippen molar-refractivity contribution in [2.45, 2.75) is 39.3 Å². The molecule has 128 valence electrons. The van der Waals surface area contributed by atoms with Crippen molar-refractivity contribution >= 4 is 17.5 Å². The summed E-state index contributed by atoms with van der Waals surface area (Å²) in [6.45, 7) is 8.23. The van der Waals surface area contributed by atoms with Gasteiger partial charge in [-0.1, -0.05) is 37.6 Å². The molecule has 23 heavy (non-hydrogen) atoms. The smallest absolute Gasteiger partial charge is 0.221 e. The van der Waals surface area contributed by atoms with E-state index >= 15 is 0 Å². The number of nitrogens with zero attached hydrogens (tertiary/aromatic N) is 1. The van der Waals surface area contributed by atoms with Crippen molar-refractivity contribution in [2.24, 2.45) is 5.92 Å². The molecule has 0 unspecified atom stereocenters. The molecule has 1 heterocycles. The highest BCUT2D eigenvalue weighted by molar-refractivity contribution is 6.30. The van der Waals surface area contributed by atoms with Crippen LogP contribution in [0.5, 0.6) is 0 Å². The van der Waals surface area contributed by atoms with Gasteiger partial charge in [-0.3, -0.25) is 9.69 Å². The van der Waals surface area contributed by atoms with Crippen LogP contribution in [0.4, 0.5) is 0 Å². The average molecular weight is 339 g/mol. The van der Waals surface area contributed by atoms with E-state index in [-0.39, 0.29) is 5.91 Å². The molecule has 0 aliphatic carbocycles. The molecule has 1 atom stereocenters. The number of hydrogen-bond acceptors (Lipinski definition) is 3. The van der Waals surface area contributed by atoms with Gasteiger partial charge in [-0.05, 0) is 30.0 Å². The van der Waals surface area contributed by atoms with Gasteiger partial charge in [0, 0.05) is 37.1 Å². The molecule has 1 N–H and O–H groups in total. The average Bonchev–Trinajstić information content (AvgIpc) is 2.51. The van der Waals surface area contributed by atoms with Crippen molar-refractivity contribution in [3.63, 3.8) is 0 Å². The summed E-state index contributed by atoms with van der Waals surface area (Å²) in [6, 6.07) is 8.01. The maximum absolute atomic E-state index is 12.1. The number of nitrogens with one attached hydrogen (secondary N) is 1. The quantitative estimate of drug-likeness (QED) is 0.830. The van der Waals surface area contributed by atoms with E-state index in [1.807, 2.05) is 24.3 Å². The highest BCUT2D eigenvalue weighted by Crippen LogP contribution is 2.16. The second-order valence-corrected chi connectivity index (χ2v) is 6.99. The Morgan fingerprint density at radius 1 is 1.48 bits per heavy atom. The van der Waals surface area contributed by atoms with Crippen LogP contribution >= 0.6 is 11.6 Å². The number of benzene rings is 1. The molecule has 0 spiro atoms. The number of morpholine rings is 1. The summed E-state index contributed by atoms with van der Waals surface area (Å²) in [5.74, 6) is 0.723. The van der Waals surface area contributed by atoms with E-state index < -0.39 is 0 Å². The molecule has 1 saturated heterocycles. The first kappa shape index (κ1) is 18.2. The fourth-order valence-corrected chi connectivity index (χ4v) is 3.14. The summed E-state index contributed by atoms with van der Waals surface area (Å²) < 4.78 is 5.58.